The van der Waals surface area contributed by atoms with E-state index in [1.807, 2.05) is 36.4 Å². The third kappa shape index (κ3) is 3.84. The minimum Gasteiger partial charge on any atom is -0.391 e. The zero-order valence-corrected chi connectivity index (χ0v) is 17.7. The van der Waals surface area contributed by atoms with Crippen LogP contribution in [-0.2, 0) is 6.61 Å². The number of para-hydroxylation sites is 1. The lowest BCUT2D eigenvalue weighted by atomic mass is 9.98. The number of aliphatic hydroxyl groups excluding tert-OH is 1. The molecule has 0 aliphatic heterocycles. The fourth-order valence-electron chi connectivity index (χ4n) is 4.16. The van der Waals surface area contributed by atoms with Crippen molar-refractivity contribution < 1.29 is 9.67 Å². The van der Waals surface area contributed by atoms with E-state index in [-0.39, 0.29) is 6.61 Å². The molecule has 0 atom stereocenters. The van der Waals surface area contributed by atoms with Crippen LogP contribution >= 0.6 is 0 Å². The van der Waals surface area contributed by atoms with Crippen molar-refractivity contribution >= 4 is 0 Å². The molecule has 0 spiro atoms. The molecule has 32 heavy (non-hydrogen) atoms. The van der Waals surface area contributed by atoms with Gasteiger partial charge in [-0.1, -0.05) is 84.9 Å². The Morgan fingerprint density at radius 3 is 1.41 bits per heavy atom. The van der Waals surface area contributed by atoms with Crippen molar-refractivity contribution in [3.8, 4) is 39.3 Å². The van der Waals surface area contributed by atoms with Crippen molar-refractivity contribution in [3.05, 3.63) is 133 Å². The summed E-state index contributed by atoms with van der Waals surface area (Å²) in [6, 6.07) is 43.9. The van der Waals surface area contributed by atoms with Gasteiger partial charge in [-0.15, -0.1) is 0 Å². The number of hydrogen-bond acceptors (Lipinski definition) is 1. The summed E-state index contributed by atoms with van der Waals surface area (Å²) in [5.74, 6) is 0. The van der Waals surface area contributed by atoms with Gasteiger partial charge in [0, 0.05) is 34.9 Å². The normalized spacial score (nSPS) is 10.8. The molecule has 4 aromatic carbocycles. The fraction of sp³-hybridized carbons (Fsp3) is 0.0333. The van der Waals surface area contributed by atoms with Crippen LogP contribution in [0.2, 0.25) is 0 Å². The Labute approximate surface area is 188 Å². The van der Waals surface area contributed by atoms with E-state index in [4.69, 9.17) is 0 Å². The standard InChI is InChI=1S/C30H24NO/c32-22-26-18-10-11-19-28(26)31-29(24-14-6-2-7-15-24)20-27(23-12-4-1-5-13-23)21-30(31)25-16-8-3-9-17-25/h1-21,32H,22H2/q+1. The highest BCUT2D eigenvalue weighted by Gasteiger charge is 2.26. The summed E-state index contributed by atoms with van der Waals surface area (Å²) in [4.78, 5) is 0. The first-order valence-corrected chi connectivity index (χ1v) is 10.8. The van der Waals surface area contributed by atoms with Crippen molar-refractivity contribution in [2.24, 2.45) is 0 Å². The number of benzene rings is 4. The van der Waals surface area contributed by atoms with Crippen LogP contribution in [-0.4, -0.2) is 5.11 Å². The van der Waals surface area contributed by atoms with E-state index in [2.05, 4.69) is 95.6 Å². The van der Waals surface area contributed by atoms with Crippen molar-refractivity contribution in [2.45, 2.75) is 6.61 Å². The van der Waals surface area contributed by atoms with Gasteiger partial charge < -0.3 is 5.11 Å². The molecule has 0 bridgehead atoms. The van der Waals surface area contributed by atoms with Gasteiger partial charge in [-0.3, -0.25) is 0 Å². The third-order valence-electron chi connectivity index (χ3n) is 5.72. The molecule has 0 aliphatic rings. The van der Waals surface area contributed by atoms with Crippen LogP contribution in [0.4, 0.5) is 0 Å². The summed E-state index contributed by atoms with van der Waals surface area (Å²) in [5, 5.41) is 10.1. The Kier molecular flexibility index (Phi) is 5.61. The zero-order chi connectivity index (χ0) is 21.8. The van der Waals surface area contributed by atoms with Crippen molar-refractivity contribution in [3.63, 3.8) is 0 Å². The van der Waals surface area contributed by atoms with Gasteiger partial charge in [-0.2, -0.15) is 4.57 Å². The van der Waals surface area contributed by atoms with Crippen molar-refractivity contribution in [1.82, 2.24) is 0 Å². The van der Waals surface area contributed by atoms with Crippen molar-refractivity contribution in [2.75, 3.05) is 0 Å². The summed E-state index contributed by atoms with van der Waals surface area (Å²) in [6.45, 7) is -0.0218. The summed E-state index contributed by atoms with van der Waals surface area (Å²) in [7, 11) is 0. The minimum absolute atomic E-state index is 0.0218. The number of aromatic nitrogens is 1. The van der Waals surface area contributed by atoms with Gasteiger partial charge in [0.15, 0.2) is 0 Å². The minimum atomic E-state index is -0.0218. The molecule has 5 rings (SSSR count). The van der Waals surface area contributed by atoms with Crippen LogP contribution in [0.5, 0.6) is 0 Å². The van der Waals surface area contributed by atoms with E-state index in [1.165, 1.54) is 5.56 Å². The van der Waals surface area contributed by atoms with E-state index in [0.717, 1.165) is 39.3 Å². The predicted molar refractivity (Wildman–Crippen MR) is 130 cm³/mol. The van der Waals surface area contributed by atoms with Crippen molar-refractivity contribution in [1.29, 1.82) is 0 Å². The Balaban J connectivity index is 1.90. The zero-order valence-electron chi connectivity index (χ0n) is 17.7. The van der Waals surface area contributed by atoms with Crippen LogP contribution in [0.3, 0.4) is 0 Å². The second kappa shape index (κ2) is 9.01. The summed E-state index contributed by atoms with van der Waals surface area (Å²) >= 11 is 0. The molecule has 1 N–H and O–H groups in total. The maximum absolute atomic E-state index is 10.1. The molecule has 0 radical (unpaired) electrons. The molecule has 0 saturated carbocycles. The highest BCUT2D eigenvalue weighted by molar-refractivity contribution is 5.74. The van der Waals surface area contributed by atoms with Gasteiger partial charge in [0.05, 0.1) is 6.61 Å². The highest BCUT2D eigenvalue weighted by atomic mass is 16.3. The lowest BCUT2D eigenvalue weighted by Crippen LogP contribution is -2.37. The van der Waals surface area contributed by atoms with Gasteiger partial charge in [-0.25, -0.2) is 0 Å². The molecular weight excluding hydrogens is 390 g/mol. The van der Waals surface area contributed by atoms with E-state index in [1.54, 1.807) is 0 Å². The van der Waals surface area contributed by atoms with E-state index < -0.39 is 0 Å². The van der Waals surface area contributed by atoms with Crippen LogP contribution in [0.15, 0.2) is 127 Å². The molecule has 0 unspecified atom stereocenters. The lowest BCUT2D eigenvalue weighted by Gasteiger charge is -2.14. The number of aliphatic hydroxyl groups is 1. The highest BCUT2D eigenvalue weighted by Crippen LogP contribution is 2.31. The summed E-state index contributed by atoms with van der Waals surface area (Å²) < 4.78 is 2.27. The molecule has 0 aliphatic carbocycles. The van der Waals surface area contributed by atoms with Crippen LogP contribution < -0.4 is 4.57 Å². The molecule has 1 heterocycles. The van der Waals surface area contributed by atoms with Gasteiger partial charge in [-0.05, 0) is 35.4 Å². The topological polar surface area (TPSA) is 24.1 Å². The molecule has 5 aromatic rings. The maximum atomic E-state index is 10.1. The molecule has 2 heteroatoms. The van der Waals surface area contributed by atoms with Crippen LogP contribution in [0.25, 0.3) is 39.3 Å². The van der Waals surface area contributed by atoms with Gasteiger partial charge in [0.1, 0.15) is 0 Å². The molecule has 2 nitrogen and oxygen atoms in total. The molecule has 0 fully saturated rings. The quantitative estimate of drug-likeness (QED) is 0.328. The Morgan fingerprint density at radius 2 is 0.906 bits per heavy atom. The average molecular weight is 415 g/mol. The van der Waals surface area contributed by atoms with Gasteiger partial charge in [0.2, 0.25) is 17.1 Å². The predicted octanol–water partition coefficient (Wildman–Crippen LogP) is 6.46. The van der Waals surface area contributed by atoms with Crippen LogP contribution in [0, 0.1) is 0 Å². The van der Waals surface area contributed by atoms with E-state index in [9.17, 15) is 5.11 Å². The number of nitrogens with zero attached hydrogens (tertiary/aromatic N) is 1. The first-order chi connectivity index (χ1) is 15.8. The first-order valence-electron chi connectivity index (χ1n) is 10.8. The average Bonchev–Trinajstić information content (AvgIpc) is 2.89. The Morgan fingerprint density at radius 1 is 0.469 bits per heavy atom. The molecule has 1 aromatic heterocycles. The van der Waals surface area contributed by atoms with Crippen LogP contribution in [0.1, 0.15) is 5.56 Å². The smallest absolute Gasteiger partial charge is 0.219 e. The van der Waals surface area contributed by atoms with E-state index in [0.29, 0.717) is 0 Å². The monoisotopic (exact) mass is 414 g/mol. The first kappa shape index (κ1) is 19.9. The Hall–Kier alpha value is -4.01. The molecule has 0 saturated heterocycles. The maximum Gasteiger partial charge on any atom is 0.219 e. The SMILES string of the molecule is OCc1ccccc1-[n+]1c(-c2ccccc2)cc(-c2ccccc2)cc1-c1ccccc1. The molecule has 154 valence electrons. The van der Waals surface area contributed by atoms with Gasteiger partial charge >= 0.3 is 0 Å². The van der Waals surface area contributed by atoms with Gasteiger partial charge in [0.25, 0.3) is 0 Å². The molecular formula is C30H24NO+. The third-order valence-corrected chi connectivity index (χ3v) is 5.72. The molecule has 0 amide bonds. The second-order valence-electron chi connectivity index (χ2n) is 7.73. The summed E-state index contributed by atoms with van der Waals surface area (Å²) in [5.41, 5.74) is 8.58. The Bertz CT molecular complexity index is 1270. The summed E-state index contributed by atoms with van der Waals surface area (Å²) in [6.07, 6.45) is 0. The largest absolute Gasteiger partial charge is 0.391 e. The number of hydrogen-bond donors (Lipinski definition) is 1. The second-order valence-corrected chi connectivity index (χ2v) is 7.73. The van der Waals surface area contributed by atoms with E-state index >= 15 is 0 Å². The number of rotatable bonds is 5. The lowest BCUT2D eigenvalue weighted by molar-refractivity contribution is -0.572. The number of pyridine rings is 1. The fourth-order valence-corrected chi connectivity index (χ4v) is 4.16.